The van der Waals surface area contributed by atoms with Crippen LogP contribution in [0, 0.1) is 0 Å². The van der Waals surface area contributed by atoms with Gasteiger partial charge in [0.15, 0.2) is 5.50 Å². The van der Waals surface area contributed by atoms with Gasteiger partial charge in [-0.05, 0) is 57.1 Å². The van der Waals surface area contributed by atoms with Crippen LogP contribution in [-0.4, -0.2) is 58.5 Å². The summed E-state index contributed by atoms with van der Waals surface area (Å²) in [5.74, 6) is 1.50. The highest BCUT2D eigenvalue weighted by atomic mass is 35.5. The molecule has 2 aromatic carbocycles. The molecule has 0 bridgehead atoms. The number of halogens is 1. The van der Waals surface area contributed by atoms with E-state index in [1.807, 2.05) is 43.3 Å². The third kappa shape index (κ3) is 5.13. The van der Waals surface area contributed by atoms with E-state index in [2.05, 4.69) is 37.2 Å². The molecule has 2 aliphatic heterocycles. The minimum absolute atomic E-state index is 0.175. The average Bonchev–Trinajstić information content (AvgIpc) is 3.22. The lowest BCUT2D eigenvalue weighted by Crippen LogP contribution is -2.35. The lowest BCUT2D eigenvalue weighted by molar-refractivity contribution is 0.116. The van der Waals surface area contributed by atoms with Crippen molar-refractivity contribution in [3.05, 3.63) is 47.7 Å². The minimum Gasteiger partial charge on any atom is -0.489 e. The van der Waals surface area contributed by atoms with E-state index in [1.165, 1.54) is 11.8 Å². The Bertz CT molecular complexity index is 1220. The zero-order valence-electron chi connectivity index (χ0n) is 18.5. The summed E-state index contributed by atoms with van der Waals surface area (Å²) in [6, 6.07) is 11.8. The van der Waals surface area contributed by atoms with Crippen LogP contribution >= 0.6 is 23.4 Å². The summed E-state index contributed by atoms with van der Waals surface area (Å²) >= 11 is 8.10. The molecule has 1 fully saturated rings. The molecular formula is C24H25ClN6OS. The van der Waals surface area contributed by atoms with Crippen molar-refractivity contribution in [3.63, 3.8) is 0 Å². The number of aliphatic imine (C=N–C) groups is 2. The third-order valence-corrected chi connectivity index (χ3v) is 7.19. The number of rotatable bonds is 6. The summed E-state index contributed by atoms with van der Waals surface area (Å²) in [5.41, 5.74) is 2.43. The van der Waals surface area contributed by atoms with Crippen molar-refractivity contribution in [1.82, 2.24) is 14.9 Å². The minimum atomic E-state index is -0.175. The molecule has 1 atom stereocenters. The highest BCUT2D eigenvalue weighted by Crippen LogP contribution is 2.37. The first-order valence-electron chi connectivity index (χ1n) is 10.9. The Labute approximate surface area is 202 Å². The fraction of sp³-hybridized carbons (Fsp3) is 0.333. The molecule has 1 saturated heterocycles. The van der Waals surface area contributed by atoms with Gasteiger partial charge in [0, 0.05) is 29.9 Å². The molecule has 1 N–H and O–H groups in total. The highest BCUT2D eigenvalue weighted by molar-refractivity contribution is 8.00. The second kappa shape index (κ2) is 9.67. The smallest absolute Gasteiger partial charge is 0.191 e. The summed E-state index contributed by atoms with van der Waals surface area (Å²) in [7, 11) is 2.15. The molecule has 170 valence electrons. The van der Waals surface area contributed by atoms with E-state index in [0.717, 1.165) is 58.9 Å². The Kier molecular flexibility index (Phi) is 6.48. The number of benzene rings is 2. The molecule has 0 saturated carbocycles. The summed E-state index contributed by atoms with van der Waals surface area (Å²) in [4.78, 5) is 21.1. The molecular weight excluding hydrogens is 456 g/mol. The van der Waals surface area contributed by atoms with E-state index in [1.54, 1.807) is 12.5 Å². The van der Waals surface area contributed by atoms with Crippen molar-refractivity contribution in [2.24, 2.45) is 9.98 Å². The maximum absolute atomic E-state index is 6.58. The van der Waals surface area contributed by atoms with Gasteiger partial charge in [0.25, 0.3) is 0 Å². The average molecular weight is 481 g/mol. The first-order chi connectivity index (χ1) is 16.0. The van der Waals surface area contributed by atoms with Crippen LogP contribution in [0.2, 0.25) is 5.02 Å². The summed E-state index contributed by atoms with van der Waals surface area (Å²) in [6.07, 6.45) is 5.55. The lowest BCUT2D eigenvalue weighted by Gasteiger charge is -2.29. The zero-order valence-corrected chi connectivity index (χ0v) is 20.1. The van der Waals surface area contributed by atoms with Crippen molar-refractivity contribution in [2.45, 2.75) is 36.3 Å². The van der Waals surface area contributed by atoms with Gasteiger partial charge in [-0.25, -0.2) is 9.97 Å². The van der Waals surface area contributed by atoms with Gasteiger partial charge in [0.2, 0.25) is 0 Å². The van der Waals surface area contributed by atoms with Gasteiger partial charge >= 0.3 is 0 Å². The fourth-order valence-electron chi connectivity index (χ4n) is 3.95. The van der Waals surface area contributed by atoms with Crippen LogP contribution in [0.3, 0.4) is 0 Å². The van der Waals surface area contributed by atoms with Crippen LogP contribution in [0.15, 0.2) is 57.6 Å². The van der Waals surface area contributed by atoms with Gasteiger partial charge in [0.05, 0.1) is 21.6 Å². The Morgan fingerprint density at radius 1 is 1.15 bits per heavy atom. The van der Waals surface area contributed by atoms with Crippen LogP contribution in [0.4, 0.5) is 11.5 Å². The van der Waals surface area contributed by atoms with E-state index in [4.69, 9.17) is 16.3 Å². The molecule has 0 spiro atoms. The molecule has 0 amide bonds. The van der Waals surface area contributed by atoms with Crippen LogP contribution in [0.25, 0.3) is 10.9 Å². The number of thioether (sulfide) groups is 1. The quantitative estimate of drug-likeness (QED) is 0.507. The van der Waals surface area contributed by atoms with E-state index < -0.39 is 0 Å². The Morgan fingerprint density at radius 2 is 2.00 bits per heavy atom. The molecule has 2 aliphatic rings. The number of anilines is 2. The molecule has 1 unspecified atom stereocenters. The normalized spacial score (nSPS) is 19.1. The van der Waals surface area contributed by atoms with E-state index in [0.29, 0.717) is 10.8 Å². The largest absolute Gasteiger partial charge is 0.489 e. The molecule has 1 aromatic heterocycles. The van der Waals surface area contributed by atoms with E-state index in [-0.39, 0.29) is 11.6 Å². The fourth-order valence-corrected chi connectivity index (χ4v) is 5.15. The predicted octanol–water partition coefficient (Wildman–Crippen LogP) is 5.42. The number of nitrogens with zero attached hydrogens (tertiary/aromatic N) is 5. The number of aromatic nitrogens is 2. The molecule has 33 heavy (non-hydrogen) atoms. The van der Waals surface area contributed by atoms with Gasteiger partial charge in [0.1, 0.15) is 24.0 Å². The number of likely N-dealkylation sites (tertiary alicyclic amines) is 1. The number of hydrogen-bond donors (Lipinski definition) is 1. The molecule has 3 aromatic rings. The Morgan fingerprint density at radius 3 is 2.76 bits per heavy atom. The lowest BCUT2D eigenvalue weighted by atomic mass is 10.1. The Hall–Kier alpha value is -2.68. The molecule has 9 heteroatoms. The monoisotopic (exact) mass is 480 g/mol. The van der Waals surface area contributed by atoms with Crippen molar-refractivity contribution in [1.29, 1.82) is 0 Å². The summed E-state index contributed by atoms with van der Waals surface area (Å²) < 4.78 is 6.42. The first-order valence-corrected chi connectivity index (χ1v) is 12.2. The van der Waals surface area contributed by atoms with Crippen LogP contribution in [0.1, 0.15) is 19.8 Å². The van der Waals surface area contributed by atoms with Crippen molar-refractivity contribution in [2.75, 3.05) is 25.5 Å². The van der Waals surface area contributed by atoms with Crippen molar-refractivity contribution >= 4 is 57.7 Å². The topological polar surface area (TPSA) is 75.0 Å². The molecule has 0 radical (unpaired) electrons. The SMILES string of the molecule is CC1=NC(Sc2ccc(Nc3ncnc4cccc(OC5CCN(C)CC5)c34)cc2Cl)N=C1. The van der Waals surface area contributed by atoms with Gasteiger partial charge < -0.3 is 15.0 Å². The number of piperidine rings is 1. The van der Waals surface area contributed by atoms with Crippen LogP contribution in [-0.2, 0) is 0 Å². The maximum atomic E-state index is 6.58. The van der Waals surface area contributed by atoms with Crippen molar-refractivity contribution in [3.8, 4) is 5.75 Å². The van der Waals surface area contributed by atoms with Crippen molar-refractivity contribution < 1.29 is 4.74 Å². The number of ether oxygens (including phenoxy) is 1. The predicted molar refractivity (Wildman–Crippen MR) is 137 cm³/mol. The highest BCUT2D eigenvalue weighted by Gasteiger charge is 2.20. The third-order valence-electron chi connectivity index (χ3n) is 5.71. The van der Waals surface area contributed by atoms with Gasteiger partial charge in [-0.3, -0.25) is 9.98 Å². The van der Waals surface area contributed by atoms with Gasteiger partial charge in [-0.2, -0.15) is 0 Å². The summed E-state index contributed by atoms with van der Waals surface area (Å²) in [6.45, 7) is 4.02. The van der Waals surface area contributed by atoms with Crippen LogP contribution in [0.5, 0.6) is 5.75 Å². The number of fused-ring (bicyclic) bond motifs is 1. The summed E-state index contributed by atoms with van der Waals surface area (Å²) in [5, 5.41) is 4.92. The maximum Gasteiger partial charge on any atom is 0.191 e. The molecule has 3 heterocycles. The van der Waals surface area contributed by atoms with Gasteiger partial charge in [-0.1, -0.05) is 29.4 Å². The number of hydrogen-bond acceptors (Lipinski definition) is 8. The van der Waals surface area contributed by atoms with E-state index >= 15 is 0 Å². The van der Waals surface area contributed by atoms with Gasteiger partial charge in [-0.15, -0.1) is 0 Å². The second-order valence-corrected chi connectivity index (χ2v) is 9.76. The zero-order chi connectivity index (χ0) is 22.8. The van der Waals surface area contributed by atoms with Crippen LogP contribution < -0.4 is 10.1 Å². The first kappa shape index (κ1) is 22.1. The molecule has 7 nitrogen and oxygen atoms in total. The standard InChI is InChI=1S/C24H25ClN6OS/c1-15-13-26-24(29-15)33-21-7-6-16(12-18(21)25)30-23-22-19(27-14-28-23)4-3-5-20(22)32-17-8-10-31(2)11-9-17/h3-7,12-14,17,24H,8-11H2,1-2H3,(H,27,28,30). The second-order valence-electron chi connectivity index (χ2n) is 8.26. The molecule has 5 rings (SSSR count). The Balaban J connectivity index is 1.38. The van der Waals surface area contributed by atoms with E-state index in [9.17, 15) is 0 Å². The molecule has 0 aliphatic carbocycles. The number of nitrogens with one attached hydrogen (secondary N) is 1.